The molecule has 2 heteroatoms. The van der Waals surface area contributed by atoms with Crippen LogP contribution in [0.4, 0.5) is 0 Å². The van der Waals surface area contributed by atoms with Crippen LogP contribution in [0.3, 0.4) is 0 Å². The summed E-state index contributed by atoms with van der Waals surface area (Å²) < 4.78 is 0. The number of hydrogen-bond acceptors (Lipinski definition) is 1. The fourth-order valence-electron chi connectivity index (χ4n) is 4.14. The molecule has 1 heterocycles. The van der Waals surface area contributed by atoms with Crippen molar-refractivity contribution in [1.29, 1.82) is 0 Å². The first-order valence-electron chi connectivity index (χ1n) is 9.30. The second-order valence-corrected chi connectivity index (χ2v) is 7.14. The summed E-state index contributed by atoms with van der Waals surface area (Å²) in [4.78, 5) is 0. The molecule has 0 bridgehead atoms. The van der Waals surface area contributed by atoms with Gasteiger partial charge in [0, 0.05) is 0 Å². The molecule has 2 nitrogen and oxygen atoms in total. The first kappa shape index (κ1) is 19.4. The van der Waals surface area contributed by atoms with Gasteiger partial charge in [0.2, 0.25) is 0 Å². The van der Waals surface area contributed by atoms with E-state index in [-0.39, 0.29) is 11.1 Å². The molecule has 0 aromatic heterocycles. The van der Waals surface area contributed by atoms with Gasteiger partial charge < -0.3 is 0 Å². The molecule has 2 unspecified atom stereocenters. The Hall–Kier alpha value is -0.600. The van der Waals surface area contributed by atoms with Gasteiger partial charge in [-0.05, 0) is 38.5 Å². The third-order valence-electron chi connectivity index (χ3n) is 5.46. The summed E-state index contributed by atoms with van der Waals surface area (Å²) in [7, 11) is 0. The lowest BCUT2D eigenvalue weighted by molar-refractivity contribution is -0.263. The second-order valence-electron chi connectivity index (χ2n) is 7.14. The fraction of sp³-hybridized carbons (Fsp3) is 0.800. The van der Waals surface area contributed by atoms with Gasteiger partial charge in [-0.1, -0.05) is 64.5 Å². The van der Waals surface area contributed by atoms with Crippen molar-refractivity contribution in [2.45, 2.75) is 102 Å². The quantitative estimate of drug-likeness (QED) is 0.310. The maximum Gasteiger partial charge on any atom is 0.0535 e. The van der Waals surface area contributed by atoms with E-state index in [0.717, 1.165) is 51.4 Å². The zero-order valence-electron chi connectivity index (χ0n) is 14.9. The molecule has 0 aromatic carbocycles. The lowest BCUT2D eigenvalue weighted by Gasteiger charge is -2.41. The number of nitrogens with zero attached hydrogens (tertiary/aromatic N) is 1. The highest BCUT2D eigenvalue weighted by Crippen LogP contribution is 2.49. The summed E-state index contributed by atoms with van der Waals surface area (Å²) >= 11 is 0. The lowest BCUT2D eigenvalue weighted by atomic mass is 9.86. The van der Waals surface area contributed by atoms with Crippen LogP contribution in [0.5, 0.6) is 0 Å². The molecule has 1 rings (SSSR count). The summed E-state index contributed by atoms with van der Waals surface area (Å²) in [5.74, 6) is 0. The maximum absolute atomic E-state index is 13.3. The summed E-state index contributed by atoms with van der Waals surface area (Å²) in [5.41, 5.74) is -0.404. The minimum Gasteiger partial charge on any atom is -0.142 e. The van der Waals surface area contributed by atoms with E-state index in [9.17, 15) is 5.21 Å². The topological polar surface area (TPSA) is 23.1 Å². The zero-order valence-corrected chi connectivity index (χ0v) is 14.9. The van der Waals surface area contributed by atoms with Crippen LogP contribution in [0.25, 0.3) is 0 Å². The van der Waals surface area contributed by atoms with Crippen LogP contribution < -0.4 is 0 Å². The van der Waals surface area contributed by atoms with Crippen LogP contribution in [0.2, 0.25) is 0 Å². The van der Waals surface area contributed by atoms with Crippen molar-refractivity contribution in [2.24, 2.45) is 0 Å². The van der Waals surface area contributed by atoms with E-state index >= 15 is 0 Å². The third kappa shape index (κ3) is 4.45. The van der Waals surface area contributed by atoms with E-state index in [4.69, 9.17) is 0 Å². The molecule has 2 atom stereocenters. The highest BCUT2D eigenvalue weighted by molar-refractivity contribution is 5.09. The fourth-order valence-corrected chi connectivity index (χ4v) is 4.14. The summed E-state index contributed by atoms with van der Waals surface area (Å²) in [6.45, 7) is 12.3. The van der Waals surface area contributed by atoms with Crippen LogP contribution in [0.15, 0.2) is 25.3 Å². The van der Waals surface area contributed by atoms with E-state index in [1.54, 1.807) is 0 Å². The molecule has 0 saturated carbocycles. The smallest absolute Gasteiger partial charge is 0.0535 e. The molecule has 0 spiro atoms. The molecule has 22 heavy (non-hydrogen) atoms. The third-order valence-corrected chi connectivity index (χ3v) is 5.46. The minimum absolute atomic E-state index is 0.202. The van der Waals surface area contributed by atoms with E-state index in [2.05, 4.69) is 27.0 Å². The van der Waals surface area contributed by atoms with Gasteiger partial charge in [-0.2, -0.15) is 0 Å². The molecule has 1 fully saturated rings. The van der Waals surface area contributed by atoms with Crippen LogP contribution in [-0.2, 0) is 5.21 Å². The average molecular weight is 307 g/mol. The lowest BCUT2D eigenvalue weighted by Crippen LogP contribution is -2.51. The Bertz CT molecular complexity index is 309. The Labute approximate surface area is 138 Å². The molecule has 127 valence electrons. The molecule has 0 N–H and O–H groups in total. The zero-order chi connectivity index (χ0) is 16.5. The molecule has 1 saturated heterocycles. The van der Waals surface area contributed by atoms with Gasteiger partial charge in [-0.3, -0.25) is 0 Å². The van der Waals surface area contributed by atoms with Crippen molar-refractivity contribution < 1.29 is 5.21 Å². The van der Waals surface area contributed by atoms with E-state index in [0.29, 0.717) is 0 Å². The van der Waals surface area contributed by atoms with Crippen LogP contribution in [0.1, 0.15) is 90.9 Å². The largest absolute Gasteiger partial charge is 0.142 e. The Morgan fingerprint density at radius 3 is 1.59 bits per heavy atom. The molecule has 0 amide bonds. The number of hydroxylamine groups is 2. The summed E-state index contributed by atoms with van der Waals surface area (Å²) in [5, 5.41) is 14.8. The van der Waals surface area contributed by atoms with Crippen molar-refractivity contribution in [2.75, 3.05) is 0 Å². The van der Waals surface area contributed by atoms with Crippen molar-refractivity contribution in [3.63, 3.8) is 0 Å². The van der Waals surface area contributed by atoms with Crippen LogP contribution in [-0.4, -0.2) is 16.1 Å². The highest BCUT2D eigenvalue weighted by Gasteiger charge is 2.53. The number of unbranched alkanes of at least 4 members (excludes halogenated alkanes) is 4. The van der Waals surface area contributed by atoms with Gasteiger partial charge in [-0.15, -0.1) is 23.4 Å². The maximum atomic E-state index is 13.3. The SMILES string of the molecule is C=CCC1(CCCCC)CCC(CC=C)(CCCCC)N1[O]. The molecular formula is C20H36NO. The van der Waals surface area contributed by atoms with Crippen molar-refractivity contribution in [3.05, 3.63) is 25.3 Å². The highest BCUT2D eigenvalue weighted by atomic mass is 16.5. The van der Waals surface area contributed by atoms with Gasteiger partial charge in [0.05, 0.1) is 11.1 Å². The Balaban J connectivity index is 2.87. The number of hydrogen-bond donors (Lipinski definition) is 0. The molecule has 1 aliphatic rings. The molecule has 1 radical (unpaired) electrons. The summed E-state index contributed by atoms with van der Waals surface area (Å²) in [6, 6.07) is 0. The predicted molar refractivity (Wildman–Crippen MR) is 95.1 cm³/mol. The van der Waals surface area contributed by atoms with E-state index in [1.165, 1.54) is 30.7 Å². The Morgan fingerprint density at radius 2 is 1.27 bits per heavy atom. The number of rotatable bonds is 12. The first-order chi connectivity index (χ1) is 10.6. The van der Waals surface area contributed by atoms with Gasteiger partial charge >= 0.3 is 0 Å². The second kappa shape index (κ2) is 9.52. The van der Waals surface area contributed by atoms with Gasteiger partial charge in [-0.25, -0.2) is 0 Å². The van der Waals surface area contributed by atoms with Crippen molar-refractivity contribution >= 4 is 0 Å². The first-order valence-corrected chi connectivity index (χ1v) is 9.30. The van der Waals surface area contributed by atoms with Gasteiger partial charge in [0.15, 0.2) is 0 Å². The molecule has 0 aliphatic carbocycles. The molecule has 1 aliphatic heterocycles. The average Bonchev–Trinajstić information content (AvgIpc) is 2.76. The van der Waals surface area contributed by atoms with Gasteiger partial charge in [0.25, 0.3) is 0 Å². The van der Waals surface area contributed by atoms with Crippen LogP contribution >= 0.6 is 0 Å². The molecular weight excluding hydrogens is 270 g/mol. The van der Waals surface area contributed by atoms with E-state index in [1.807, 2.05) is 12.2 Å². The minimum atomic E-state index is -0.202. The monoisotopic (exact) mass is 306 g/mol. The predicted octanol–water partition coefficient (Wildman–Crippen LogP) is 6.22. The Kier molecular flexibility index (Phi) is 8.41. The van der Waals surface area contributed by atoms with Crippen molar-refractivity contribution in [1.82, 2.24) is 5.06 Å². The Morgan fingerprint density at radius 1 is 0.864 bits per heavy atom. The molecule has 0 aromatic rings. The van der Waals surface area contributed by atoms with Gasteiger partial charge in [0.1, 0.15) is 0 Å². The van der Waals surface area contributed by atoms with E-state index < -0.39 is 0 Å². The standard InChI is InChI=1S/C20H36NO/c1-5-9-11-15-19(13-7-3)17-18-20(14-8-4,21(19)22)16-12-10-6-2/h7-8H,3-6,9-18H2,1-2H3. The summed E-state index contributed by atoms with van der Waals surface area (Å²) in [6.07, 6.45) is 16.8. The van der Waals surface area contributed by atoms with Crippen molar-refractivity contribution in [3.8, 4) is 0 Å². The normalized spacial score (nSPS) is 28.9. The van der Waals surface area contributed by atoms with Crippen LogP contribution in [0, 0.1) is 0 Å².